The maximum absolute atomic E-state index is 12.3. The van der Waals surface area contributed by atoms with Gasteiger partial charge in [0.1, 0.15) is 17.0 Å². The molecule has 9 heteroatoms. The average Bonchev–Trinajstić information content (AvgIpc) is 3.03. The van der Waals surface area contributed by atoms with Crippen LogP contribution in [-0.2, 0) is 7.05 Å². The molecule has 0 saturated heterocycles. The molecule has 0 aliphatic rings. The fourth-order valence-corrected chi connectivity index (χ4v) is 2.71. The Labute approximate surface area is 127 Å². The van der Waals surface area contributed by atoms with Crippen molar-refractivity contribution in [1.82, 2.24) is 25.1 Å². The number of aromatic nitrogens is 4. The van der Waals surface area contributed by atoms with Crippen molar-refractivity contribution >= 4 is 28.2 Å². The largest absolute Gasteiger partial charge is 0.382 e. The Morgan fingerprint density at radius 2 is 2.33 bits per heavy atom. The van der Waals surface area contributed by atoms with Crippen molar-refractivity contribution in [3.8, 4) is 0 Å². The predicted octanol–water partition coefficient (Wildman–Crippen LogP) is 0.801. The minimum atomic E-state index is -0.265. The summed E-state index contributed by atoms with van der Waals surface area (Å²) in [7, 11) is 3.73. The lowest BCUT2D eigenvalue weighted by Gasteiger charge is -2.12. The highest BCUT2D eigenvalue weighted by Gasteiger charge is 2.21. The number of nitrogens with one attached hydrogen (secondary N) is 1. The molecule has 0 saturated carbocycles. The lowest BCUT2D eigenvalue weighted by Crippen LogP contribution is -2.28. The van der Waals surface area contributed by atoms with Gasteiger partial charge >= 0.3 is 0 Å². The van der Waals surface area contributed by atoms with E-state index in [-0.39, 0.29) is 17.8 Å². The summed E-state index contributed by atoms with van der Waals surface area (Å²) >= 11 is 1.28. The first-order valence-electron chi connectivity index (χ1n) is 6.56. The van der Waals surface area contributed by atoms with E-state index >= 15 is 0 Å². The second-order valence-corrected chi connectivity index (χ2v) is 5.70. The minimum Gasteiger partial charge on any atom is -0.382 e. The van der Waals surface area contributed by atoms with Gasteiger partial charge in [0.05, 0.1) is 6.04 Å². The molecule has 2 heterocycles. The van der Waals surface area contributed by atoms with Gasteiger partial charge in [-0.2, -0.15) is 0 Å². The molecule has 2 rings (SSSR count). The van der Waals surface area contributed by atoms with E-state index in [0.29, 0.717) is 10.7 Å². The van der Waals surface area contributed by atoms with Crippen molar-refractivity contribution < 1.29 is 4.79 Å². The van der Waals surface area contributed by atoms with Crippen LogP contribution in [-0.4, -0.2) is 39.2 Å². The molecule has 0 spiro atoms. The Kier molecular flexibility index (Phi) is 4.41. The lowest BCUT2D eigenvalue weighted by atomic mass is 10.3. The van der Waals surface area contributed by atoms with E-state index in [0.717, 1.165) is 11.7 Å². The van der Waals surface area contributed by atoms with Crippen molar-refractivity contribution in [1.29, 1.82) is 0 Å². The zero-order chi connectivity index (χ0) is 15.6. The molecule has 0 aromatic carbocycles. The smallest absolute Gasteiger partial charge is 0.265 e. The van der Waals surface area contributed by atoms with E-state index in [1.54, 1.807) is 10.9 Å². The number of hydrogen-bond donors (Lipinski definition) is 2. The molecule has 21 heavy (non-hydrogen) atoms. The Hall–Kier alpha value is -2.16. The first-order valence-corrected chi connectivity index (χ1v) is 7.37. The number of aryl methyl sites for hydroxylation is 1. The van der Waals surface area contributed by atoms with Gasteiger partial charge in [-0.1, -0.05) is 11.3 Å². The van der Waals surface area contributed by atoms with Gasteiger partial charge in [-0.25, -0.2) is 4.98 Å². The molecular weight excluding hydrogens is 290 g/mol. The van der Waals surface area contributed by atoms with Crippen LogP contribution in [0.4, 0.5) is 10.9 Å². The summed E-state index contributed by atoms with van der Waals surface area (Å²) in [5, 5.41) is 11.4. The lowest BCUT2D eigenvalue weighted by molar-refractivity contribution is 0.0942. The zero-order valence-electron chi connectivity index (χ0n) is 12.5. The van der Waals surface area contributed by atoms with Gasteiger partial charge in [-0.3, -0.25) is 4.79 Å². The number of carbonyl (C=O) groups excluding carboxylic acids is 1. The molecule has 1 amide bonds. The molecule has 0 bridgehead atoms. The number of nitrogens with two attached hydrogens (primary N) is 1. The minimum absolute atomic E-state index is 0.248. The average molecular weight is 309 g/mol. The second-order valence-electron chi connectivity index (χ2n) is 4.72. The number of amides is 1. The Morgan fingerprint density at radius 3 is 2.90 bits per heavy atom. The normalized spacial score (nSPS) is 12.2. The van der Waals surface area contributed by atoms with Gasteiger partial charge in [0.15, 0.2) is 11.0 Å². The van der Waals surface area contributed by atoms with Gasteiger partial charge in [0.25, 0.3) is 5.91 Å². The summed E-state index contributed by atoms with van der Waals surface area (Å²) in [6.45, 7) is 4.65. The highest BCUT2D eigenvalue weighted by molar-refractivity contribution is 7.18. The molecule has 0 radical (unpaired) electrons. The number of anilines is 2. The number of nitrogen functional groups attached to an aromatic ring is 1. The number of hydrogen-bond acceptors (Lipinski definition) is 7. The van der Waals surface area contributed by atoms with Crippen molar-refractivity contribution in [3.05, 3.63) is 17.0 Å². The van der Waals surface area contributed by atoms with Crippen molar-refractivity contribution in [2.45, 2.75) is 19.9 Å². The fourth-order valence-electron chi connectivity index (χ4n) is 1.79. The predicted molar refractivity (Wildman–Crippen MR) is 82.4 cm³/mol. The third-order valence-corrected chi connectivity index (χ3v) is 4.31. The molecule has 0 fully saturated rings. The third kappa shape index (κ3) is 3.13. The van der Waals surface area contributed by atoms with Crippen molar-refractivity contribution in [3.63, 3.8) is 0 Å². The summed E-state index contributed by atoms with van der Waals surface area (Å²) in [5.74, 6) is 0.673. The monoisotopic (exact) mass is 309 g/mol. The van der Waals surface area contributed by atoms with Crippen LogP contribution >= 0.6 is 11.3 Å². The molecule has 114 valence electrons. The van der Waals surface area contributed by atoms with E-state index in [1.807, 2.05) is 32.8 Å². The highest BCUT2D eigenvalue weighted by atomic mass is 32.1. The molecule has 0 aliphatic carbocycles. The molecule has 1 unspecified atom stereocenters. The van der Waals surface area contributed by atoms with Crippen LogP contribution in [0.5, 0.6) is 0 Å². The van der Waals surface area contributed by atoms with E-state index in [4.69, 9.17) is 5.73 Å². The van der Waals surface area contributed by atoms with E-state index in [1.165, 1.54) is 11.3 Å². The highest BCUT2D eigenvalue weighted by Crippen LogP contribution is 2.27. The number of thiazole rings is 1. The molecule has 1 atom stereocenters. The van der Waals surface area contributed by atoms with Gasteiger partial charge in [0, 0.05) is 20.6 Å². The van der Waals surface area contributed by atoms with Gasteiger partial charge in [0.2, 0.25) is 0 Å². The second kappa shape index (κ2) is 6.08. The van der Waals surface area contributed by atoms with Crippen LogP contribution in [0.1, 0.15) is 35.4 Å². The topological polar surface area (TPSA) is 102 Å². The van der Waals surface area contributed by atoms with Crippen LogP contribution in [0.15, 0.2) is 6.33 Å². The standard InChI is InChI=1S/C12H19N7OS/c1-5-18(3)12-16-9(13)8(21-12)11(20)15-7(2)10-17-14-6-19(10)4/h6-7H,5,13H2,1-4H3,(H,15,20). The summed E-state index contributed by atoms with van der Waals surface area (Å²) in [4.78, 5) is 18.9. The van der Waals surface area contributed by atoms with Gasteiger partial charge in [-0.15, -0.1) is 10.2 Å². The summed E-state index contributed by atoms with van der Waals surface area (Å²) in [6, 6.07) is -0.265. The maximum Gasteiger partial charge on any atom is 0.265 e. The maximum atomic E-state index is 12.3. The molecular formula is C12H19N7OS. The first-order chi connectivity index (χ1) is 9.93. The fraction of sp³-hybridized carbons (Fsp3) is 0.500. The van der Waals surface area contributed by atoms with Crippen molar-refractivity contribution in [2.75, 3.05) is 24.2 Å². The number of carbonyl (C=O) groups is 1. The Morgan fingerprint density at radius 1 is 1.62 bits per heavy atom. The van der Waals surface area contributed by atoms with E-state index in [2.05, 4.69) is 20.5 Å². The summed E-state index contributed by atoms with van der Waals surface area (Å²) in [6.07, 6.45) is 1.59. The Balaban J connectivity index is 2.14. The molecule has 2 aromatic rings. The molecule has 3 N–H and O–H groups in total. The number of nitrogens with zero attached hydrogens (tertiary/aromatic N) is 5. The molecule has 0 aliphatic heterocycles. The molecule has 2 aromatic heterocycles. The number of rotatable bonds is 5. The quantitative estimate of drug-likeness (QED) is 0.847. The summed E-state index contributed by atoms with van der Waals surface area (Å²) < 4.78 is 1.76. The van der Waals surface area contributed by atoms with Crippen molar-refractivity contribution in [2.24, 2.45) is 7.05 Å². The van der Waals surface area contributed by atoms with E-state index < -0.39 is 0 Å². The van der Waals surface area contributed by atoms with Gasteiger partial charge < -0.3 is 20.5 Å². The van der Waals surface area contributed by atoms with Crippen LogP contribution in [0.3, 0.4) is 0 Å². The van der Waals surface area contributed by atoms with E-state index in [9.17, 15) is 4.79 Å². The van der Waals surface area contributed by atoms with Crippen LogP contribution in [0.25, 0.3) is 0 Å². The SMILES string of the molecule is CCN(C)c1nc(N)c(C(=O)NC(C)c2nncn2C)s1. The Bertz CT molecular complexity index is 635. The zero-order valence-corrected chi connectivity index (χ0v) is 13.3. The van der Waals surface area contributed by atoms with Gasteiger partial charge in [-0.05, 0) is 13.8 Å². The van der Waals surface area contributed by atoms with Crippen LogP contribution in [0.2, 0.25) is 0 Å². The summed E-state index contributed by atoms with van der Waals surface area (Å²) in [5.41, 5.74) is 5.84. The van der Waals surface area contributed by atoms with Crippen LogP contribution < -0.4 is 16.0 Å². The van der Waals surface area contributed by atoms with Crippen LogP contribution in [0, 0.1) is 0 Å². The molecule has 8 nitrogen and oxygen atoms in total. The third-order valence-electron chi connectivity index (χ3n) is 3.13. The first kappa shape index (κ1) is 15.2.